The molecule has 0 unspecified atom stereocenters. The number of fused-ring (bicyclic) bond motifs is 1. The molecule has 4 rings (SSSR count). The van der Waals surface area contributed by atoms with Crippen LogP contribution in [0.3, 0.4) is 0 Å². The van der Waals surface area contributed by atoms with Gasteiger partial charge >= 0.3 is 6.18 Å². The fourth-order valence-corrected chi connectivity index (χ4v) is 4.30. The Balaban J connectivity index is 1.37. The first-order chi connectivity index (χ1) is 13.3. The lowest BCUT2D eigenvalue weighted by Crippen LogP contribution is -2.52. The molecule has 0 bridgehead atoms. The fraction of sp³-hybridized carbons (Fsp3) is 0.444. The Kier molecular flexibility index (Phi) is 4.90. The van der Waals surface area contributed by atoms with Crippen LogP contribution in [0.5, 0.6) is 0 Å². The average molecular weight is 410 g/mol. The Morgan fingerprint density at radius 2 is 2.07 bits per heavy atom. The number of hydrogen-bond acceptors (Lipinski definition) is 5. The summed E-state index contributed by atoms with van der Waals surface area (Å²) in [7, 11) is 0. The van der Waals surface area contributed by atoms with Crippen LogP contribution in [0.1, 0.15) is 27.3 Å². The molecule has 0 atom stereocenters. The quantitative estimate of drug-likeness (QED) is 0.776. The number of halogens is 3. The van der Waals surface area contributed by atoms with Crippen molar-refractivity contribution in [3.05, 3.63) is 57.3 Å². The van der Waals surface area contributed by atoms with Crippen LogP contribution in [0.2, 0.25) is 0 Å². The van der Waals surface area contributed by atoms with Gasteiger partial charge in [0.1, 0.15) is 5.69 Å². The number of carbonyl (C=O) groups is 1. The van der Waals surface area contributed by atoms with E-state index in [9.17, 15) is 22.8 Å². The smallest absolute Gasteiger partial charge is 0.338 e. The second-order valence-electron chi connectivity index (χ2n) is 6.95. The number of alkyl halides is 3. The SMILES string of the molecule is O=C(c1ccc(C(F)(F)F)nc1)N1CC(Cn2nc3c(cc2=O)CSCC3)C1. The molecule has 6 nitrogen and oxygen atoms in total. The first kappa shape index (κ1) is 19.0. The molecule has 0 N–H and O–H groups in total. The summed E-state index contributed by atoms with van der Waals surface area (Å²) in [5, 5.41) is 4.47. The van der Waals surface area contributed by atoms with E-state index in [-0.39, 0.29) is 22.9 Å². The van der Waals surface area contributed by atoms with Crippen molar-refractivity contribution in [3.63, 3.8) is 0 Å². The molecule has 1 amide bonds. The number of hydrogen-bond donors (Lipinski definition) is 0. The van der Waals surface area contributed by atoms with Crippen LogP contribution in [0.25, 0.3) is 0 Å². The second kappa shape index (κ2) is 7.23. The average Bonchev–Trinajstić information content (AvgIpc) is 2.63. The molecular weight excluding hydrogens is 393 g/mol. The number of carbonyl (C=O) groups excluding carboxylic acids is 1. The van der Waals surface area contributed by atoms with Crippen molar-refractivity contribution in [2.24, 2.45) is 5.92 Å². The molecule has 2 aliphatic rings. The molecule has 28 heavy (non-hydrogen) atoms. The van der Waals surface area contributed by atoms with Crippen molar-refractivity contribution in [1.82, 2.24) is 19.7 Å². The number of thioether (sulfide) groups is 1. The van der Waals surface area contributed by atoms with Crippen LogP contribution >= 0.6 is 11.8 Å². The second-order valence-corrected chi connectivity index (χ2v) is 8.05. The maximum atomic E-state index is 12.6. The van der Waals surface area contributed by atoms with Crippen LogP contribution < -0.4 is 5.56 Å². The first-order valence-electron chi connectivity index (χ1n) is 8.81. The van der Waals surface area contributed by atoms with Crippen molar-refractivity contribution >= 4 is 17.7 Å². The Hall–Kier alpha value is -2.36. The summed E-state index contributed by atoms with van der Waals surface area (Å²) in [6.07, 6.45) is -2.74. The monoisotopic (exact) mass is 410 g/mol. The van der Waals surface area contributed by atoms with Crippen molar-refractivity contribution in [3.8, 4) is 0 Å². The van der Waals surface area contributed by atoms with E-state index in [4.69, 9.17) is 0 Å². The number of aryl methyl sites for hydroxylation is 1. The summed E-state index contributed by atoms with van der Waals surface area (Å²) in [5.41, 5.74) is 0.909. The molecule has 0 saturated carbocycles. The van der Waals surface area contributed by atoms with E-state index in [0.29, 0.717) is 19.6 Å². The number of pyridine rings is 1. The minimum absolute atomic E-state index is 0.0903. The van der Waals surface area contributed by atoms with E-state index < -0.39 is 11.9 Å². The first-order valence-corrected chi connectivity index (χ1v) is 9.97. The zero-order chi connectivity index (χ0) is 19.9. The standard InChI is InChI=1S/C18H17F3N4O2S/c19-18(20,21)15-2-1-12(6-22-15)17(27)24-7-11(8-24)9-25-16(26)5-13-10-28-4-3-14(13)23-25/h1-2,5-6,11H,3-4,7-10H2. The molecule has 2 aromatic heterocycles. The summed E-state index contributed by atoms with van der Waals surface area (Å²) >= 11 is 1.79. The number of nitrogens with zero attached hydrogens (tertiary/aromatic N) is 4. The van der Waals surface area contributed by atoms with Gasteiger partial charge in [0, 0.05) is 43.4 Å². The minimum atomic E-state index is -4.53. The van der Waals surface area contributed by atoms with Crippen LogP contribution in [0.15, 0.2) is 29.2 Å². The highest BCUT2D eigenvalue weighted by Crippen LogP contribution is 2.28. The largest absolute Gasteiger partial charge is 0.433 e. The minimum Gasteiger partial charge on any atom is -0.338 e. The molecule has 1 fully saturated rings. The van der Waals surface area contributed by atoms with Gasteiger partial charge in [0.15, 0.2) is 0 Å². The van der Waals surface area contributed by atoms with Gasteiger partial charge in [-0.25, -0.2) is 4.68 Å². The predicted octanol–water partition coefficient (Wildman–Crippen LogP) is 2.22. The summed E-state index contributed by atoms with van der Waals surface area (Å²) in [5.74, 6) is 1.53. The van der Waals surface area contributed by atoms with Crippen LogP contribution in [0, 0.1) is 5.92 Å². The van der Waals surface area contributed by atoms with Crippen LogP contribution in [-0.2, 0) is 24.9 Å². The van der Waals surface area contributed by atoms with Gasteiger partial charge in [0.25, 0.3) is 11.5 Å². The number of likely N-dealkylation sites (tertiary alicyclic amines) is 1. The van der Waals surface area contributed by atoms with Gasteiger partial charge in [-0.1, -0.05) is 0 Å². The van der Waals surface area contributed by atoms with Gasteiger partial charge in [-0.15, -0.1) is 0 Å². The molecule has 0 radical (unpaired) electrons. The zero-order valence-electron chi connectivity index (χ0n) is 14.8. The summed E-state index contributed by atoms with van der Waals surface area (Å²) in [6.45, 7) is 1.29. The maximum Gasteiger partial charge on any atom is 0.433 e. The molecule has 0 spiro atoms. The molecule has 1 saturated heterocycles. The molecule has 0 aromatic carbocycles. The third-order valence-electron chi connectivity index (χ3n) is 4.88. The van der Waals surface area contributed by atoms with Crippen LogP contribution in [-0.4, -0.2) is 44.4 Å². The van der Waals surface area contributed by atoms with Gasteiger partial charge in [0.2, 0.25) is 0 Å². The van der Waals surface area contributed by atoms with Gasteiger partial charge < -0.3 is 4.90 Å². The normalized spacial score (nSPS) is 17.2. The summed E-state index contributed by atoms with van der Waals surface area (Å²) < 4.78 is 39.1. The molecule has 10 heteroatoms. The third kappa shape index (κ3) is 3.78. The lowest BCUT2D eigenvalue weighted by molar-refractivity contribution is -0.141. The Morgan fingerprint density at radius 3 is 2.75 bits per heavy atom. The van der Waals surface area contributed by atoms with Crippen molar-refractivity contribution in [2.75, 3.05) is 18.8 Å². The lowest BCUT2D eigenvalue weighted by Gasteiger charge is -2.39. The summed E-state index contributed by atoms with van der Waals surface area (Å²) in [6, 6.07) is 3.59. The number of aromatic nitrogens is 3. The molecule has 148 valence electrons. The van der Waals surface area contributed by atoms with Gasteiger partial charge in [-0.3, -0.25) is 14.6 Å². The topological polar surface area (TPSA) is 68.1 Å². The van der Waals surface area contributed by atoms with Crippen molar-refractivity contribution in [1.29, 1.82) is 0 Å². The third-order valence-corrected chi connectivity index (χ3v) is 5.89. The highest BCUT2D eigenvalue weighted by molar-refractivity contribution is 7.98. The fourth-order valence-electron chi connectivity index (χ4n) is 3.35. The van der Waals surface area contributed by atoms with E-state index >= 15 is 0 Å². The highest BCUT2D eigenvalue weighted by Gasteiger charge is 2.34. The van der Waals surface area contributed by atoms with Crippen molar-refractivity contribution in [2.45, 2.75) is 24.9 Å². The Bertz CT molecular complexity index is 953. The van der Waals surface area contributed by atoms with Gasteiger partial charge in [-0.05, 0) is 23.4 Å². The molecular formula is C18H17F3N4O2S. The van der Waals surface area contributed by atoms with E-state index in [1.54, 1.807) is 17.8 Å². The maximum absolute atomic E-state index is 12.6. The zero-order valence-corrected chi connectivity index (χ0v) is 15.6. The number of amides is 1. The van der Waals surface area contributed by atoms with Crippen molar-refractivity contribution < 1.29 is 18.0 Å². The van der Waals surface area contributed by atoms with E-state index in [1.807, 2.05) is 0 Å². The molecule has 2 aliphatic heterocycles. The van der Waals surface area contributed by atoms with E-state index in [2.05, 4.69) is 10.1 Å². The van der Waals surface area contributed by atoms with Crippen LogP contribution in [0.4, 0.5) is 13.2 Å². The predicted molar refractivity (Wildman–Crippen MR) is 97.0 cm³/mol. The molecule has 2 aromatic rings. The van der Waals surface area contributed by atoms with Gasteiger partial charge in [-0.2, -0.15) is 30.0 Å². The highest BCUT2D eigenvalue weighted by atomic mass is 32.2. The Labute approximate surface area is 162 Å². The molecule has 4 heterocycles. The summed E-state index contributed by atoms with van der Waals surface area (Å²) in [4.78, 5) is 29.4. The molecule has 0 aliphatic carbocycles. The lowest BCUT2D eigenvalue weighted by atomic mass is 9.99. The van der Waals surface area contributed by atoms with Gasteiger partial charge in [0.05, 0.1) is 17.8 Å². The Morgan fingerprint density at radius 1 is 1.29 bits per heavy atom. The number of rotatable bonds is 3. The van der Waals surface area contributed by atoms with E-state index in [1.165, 1.54) is 9.58 Å². The van der Waals surface area contributed by atoms with E-state index in [0.717, 1.165) is 47.5 Å².